The van der Waals surface area contributed by atoms with Crippen LogP contribution in [0.15, 0.2) is 54.9 Å². The maximum Gasteiger partial charge on any atom is 0.260 e. The number of piperazine rings is 1. The highest BCUT2D eigenvalue weighted by Gasteiger charge is 2.22. The standard InChI is InChI=1S/C21H20Cl2N6O2/c22-15-3-4-18(17(23)12-15)31-14-21(30)29-10-8-28(9-11-29)20-6-5-19(26-27-20)25-16-2-1-7-24-13-16/h1-7,12-13H,8-11,14H2,(H,25,26). The largest absolute Gasteiger partial charge is 0.482 e. The monoisotopic (exact) mass is 458 g/mol. The van der Waals surface area contributed by atoms with Crippen molar-refractivity contribution in [3.8, 4) is 5.75 Å². The van der Waals surface area contributed by atoms with Gasteiger partial charge in [0.25, 0.3) is 5.91 Å². The van der Waals surface area contributed by atoms with Gasteiger partial charge in [-0.05, 0) is 42.5 Å². The van der Waals surface area contributed by atoms with Crippen LogP contribution in [0.3, 0.4) is 0 Å². The van der Waals surface area contributed by atoms with Crippen molar-refractivity contribution >= 4 is 46.4 Å². The van der Waals surface area contributed by atoms with Gasteiger partial charge in [-0.2, -0.15) is 0 Å². The number of halogens is 2. The summed E-state index contributed by atoms with van der Waals surface area (Å²) in [5.41, 5.74) is 0.846. The van der Waals surface area contributed by atoms with Gasteiger partial charge < -0.3 is 19.9 Å². The average molecular weight is 459 g/mol. The molecule has 1 N–H and O–H groups in total. The fraction of sp³-hybridized carbons (Fsp3) is 0.238. The molecule has 1 aliphatic rings. The number of pyridine rings is 1. The number of rotatable bonds is 6. The summed E-state index contributed by atoms with van der Waals surface area (Å²) in [7, 11) is 0. The summed E-state index contributed by atoms with van der Waals surface area (Å²) >= 11 is 12.0. The molecule has 8 nitrogen and oxygen atoms in total. The highest BCUT2D eigenvalue weighted by atomic mass is 35.5. The van der Waals surface area contributed by atoms with E-state index in [-0.39, 0.29) is 12.5 Å². The summed E-state index contributed by atoms with van der Waals surface area (Å²) in [5, 5.41) is 12.6. The van der Waals surface area contributed by atoms with Crippen LogP contribution in [0.25, 0.3) is 0 Å². The summed E-state index contributed by atoms with van der Waals surface area (Å²) < 4.78 is 5.55. The minimum Gasteiger partial charge on any atom is -0.482 e. The van der Waals surface area contributed by atoms with E-state index >= 15 is 0 Å². The molecule has 2 aromatic heterocycles. The Bertz CT molecular complexity index is 1030. The molecule has 31 heavy (non-hydrogen) atoms. The zero-order valence-corrected chi connectivity index (χ0v) is 18.1. The van der Waals surface area contributed by atoms with Crippen LogP contribution in [0.5, 0.6) is 5.75 Å². The van der Waals surface area contributed by atoms with E-state index in [0.29, 0.717) is 47.8 Å². The smallest absolute Gasteiger partial charge is 0.260 e. The molecule has 3 aromatic rings. The zero-order valence-electron chi connectivity index (χ0n) is 16.5. The molecule has 160 valence electrons. The first-order valence-corrected chi connectivity index (χ1v) is 10.5. The second-order valence-electron chi connectivity index (χ2n) is 6.87. The van der Waals surface area contributed by atoms with Crippen molar-refractivity contribution in [1.82, 2.24) is 20.1 Å². The number of carbonyl (C=O) groups excluding carboxylic acids is 1. The van der Waals surface area contributed by atoms with Gasteiger partial charge in [0.05, 0.1) is 16.9 Å². The molecule has 4 rings (SSSR count). The van der Waals surface area contributed by atoms with Gasteiger partial charge in [0.15, 0.2) is 18.2 Å². The number of amides is 1. The minimum atomic E-state index is -0.0900. The lowest BCUT2D eigenvalue weighted by molar-refractivity contribution is -0.133. The van der Waals surface area contributed by atoms with Crippen molar-refractivity contribution in [2.45, 2.75) is 0 Å². The molecule has 1 saturated heterocycles. The summed E-state index contributed by atoms with van der Waals surface area (Å²) in [5.74, 6) is 1.76. The third-order valence-electron chi connectivity index (χ3n) is 4.79. The van der Waals surface area contributed by atoms with E-state index in [9.17, 15) is 4.79 Å². The van der Waals surface area contributed by atoms with Crippen LogP contribution in [0.4, 0.5) is 17.3 Å². The summed E-state index contributed by atoms with van der Waals surface area (Å²) in [6.45, 7) is 2.41. The van der Waals surface area contributed by atoms with Crippen molar-refractivity contribution in [1.29, 1.82) is 0 Å². The molecule has 3 heterocycles. The highest BCUT2D eigenvalue weighted by Crippen LogP contribution is 2.27. The fourth-order valence-corrected chi connectivity index (χ4v) is 3.62. The zero-order chi connectivity index (χ0) is 21.6. The Hall–Kier alpha value is -3.10. The predicted octanol–water partition coefficient (Wildman–Crippen LogP) is 3.65. The number of benzene rings is 1. The molecule has 1 amide bonds. The van der Waals surface area contributed by atoms with Crippen LogP contribution in [-0.2, 0) is 4.79 Å². The quantitative estimate of drug-likeness (QED) is 0.603. The van der Waals surface area contributed by atoms with E-state index in [1.165, 1.54) is 0 Å². The number of aromatic nitrogens is 3. The van der Waals surface area contributed by atoms with E-state index in [4.69, 9.17) is 27.9 Å². The van der Waals surface area contributed by atoms with Gasteiger partial charge in [0.2, 0.25) is 0 Å². The minimum absolute atomic E-state index is 0.0735. The lowest BCUT2D eigenvalue weighted by atomic mass is 10.3. The van der Waals surface area contributed by atoms with E-state index in [0.717, 1.165) is 11.5 Å². The van der Waals surface area contributed by atoms with E-state index < -0.39 is 0 Å². The first-order chi connectivity index (χ1) is 15.1. The molecule has 0 spiro atoms. The van der Waals surface area contributed by atoms with Gasteiger partial charge in [-0.1, -0.05) is 23.2 Å². The molecule has 10 heteroatoms. The Morgan fingerprint density at radius 3 is 2.58 bits per heavy atom. The fourth-order valence-electron chi connectivity index (χ4n) is 3.15. The highest BCUT2D eigenvalue weighted by molar-refractivity contribution is 6.35. The molecule has 0 saturated carbocycles. The number of hydrogen-bond acceptors (Lipinski definition) is 7. The number of nitrogens with one attached hydrogen (secondary N) is 1. The Labute approximate surface area is 189 Å². The normalized spacial score (nSPS) is 13.7. The van der Waals surface area contributed by atoms with Gasteiger partial charge >= 0.3 is 0 Å². The van der Waals surface area contributed by atoms with Crippen LogP contribution in [0, 0.1) is 0 Å². The first kappa shape index (κ1) is 21.1. The first-order valence-electron chi connectivity index (χ1n) is 9.70. The van der Waals surface area contributed by atoms with Gasteiger partial charge in [0, 0.05) is 37.4 Å². The predicted molar refractivity (Wildman–Crippen MR) is 120 cm³/mol. The molecule has 0 aliphatic carbocycles. The number of anilines is 3. The van der Waals surface area contributed by atoms with Gasteiger partial charge in [-0.3, -0.25) is 9.78 Å². The van der Waals surface area contributed by atoms with Crippen molar-refractivity contribution < 1.29 is 9.53 Å². The molecular formula is C21H20Cl2N6O2. The van der Waals surface area contributed by atoms with E-state index in [2.05, 4.69) is 25.4 Å². The van der Waals surface area contributed by atoms with Crippen LogP contribution < -0.4 is 15.0 Å². The summed E-state index contributed by atoms with van der Waals surface area (Å²) in [6.07, 6.45) is 3.43. The third-order valence-corrected chi connectivity index (χ3v) is 5.32. The second kappa shape index (κ2) is 9.80. The number of nitrogens with zero attached hydrogens (tertiary/aromatic N) is 5. The second-order valence-corrected chi connectivity index (χ2v) is 7.72. The van der Waals surface area contributed by atoms with Crippen LogP contribution >= 0.6 is 23.2 Å². The van der Waals surface area contributed by atoms with Crippen LogP contribution in [0.2, 0.25) is 10.0 Å². The topological polar surface area (TPSA) is 83.5 Å². The Morgan fingerprint density at radius 2 is 1.90 bits per heavy atom. The lowest BCUT2D eigenvalue weighted by Crippen LogP contribution is -2.50. The summed E-state index contributed by atoms with van der Waals surface area (Å²) in [4.78, 5) is 20.4. The molecule has 0 radical (unpaired) electrons. The van der Waals surface area contributed by atoms with Crippen molar-refractivity contribution in [3.63, 3.8) is 0 Å². The molecule has 0 unspecified atom stereocenters. The maximum absolute atomic E-state index is 12.5. The molecule has 0 bridgehead atoms. The molecule has 1 aromatic carbocycles. The molecule has 1 fully saturated rings. The Kier molecular flexibility index (Phi) is 6.69. The molecular weight excluding hydrogens is 439 g/mol. The van der Waals surface area contributed by atoms with Gasteiger partial charge in [-0.15, -0.1) is 10.2 Å². The lowest BCUT2D eigenvalue weighted by Gasteiger charge is -2.35. The van der Waals surface area contributed by atoms with E-state index in [1.807, 2.05) is 24.3 Å². The van der Waals surface area contributed by atoms with Crippen molar-refractivity contribution in [2.24, 2.45) is 0 Å². The Morgan fingerprint density at radius 1 is 1.06 bits per heavy atom. The average Bonchev–Trinajstić information content (AvgIpc) is 2.80. The molecule has 1 aliphatic heterocycles. The van der Waals surface area contributed by atoms with Crippen LogP contribution in [-0.4, -0.2) is 58.8 Å². The van der Waals surface area contributed by atoms with E-state index in [1.54, 1.807) is 35.5 Å². The number of ether oxygens (including phenoxy) is 1. The molecule has 0 atom stereocenters. The van der Waals surface area contributed by atoms with Crippen LogP contribution in [0.1, 0.15) is 0 Å². The van der Waals surface area contributed by atoms with Gasteiger partial charge in [0.1, 0.15) is 5.75 Å². The summed E-state index contributed by atoms with van der Waals surface area (Å²) in [6, 6.07) is 12.4. The van der Waals surface area contributed by atoms with Crippen molar-refractivity contribution in [2.75, 3.05) is 43.0 Å². The number of carbonyl (C=O) groups is 1. The Balaban J connectivity index is 1.26. The van der Waals surface area contributed by atoms with Gasteiger partial charge in [-0.25, -0.2) is 0 Å². The number of hydrogen-bond donors (Lipinski definition) is 1. The maximum atomic E-state index is 12.5. The SMILES string of the molecule is O=C(COc1ccc(Cl)cc1Cl)N1CCN(c2ccc(Nc3cccnc3)nn2)CC1. The van der Waals surface area contributed by atoms with Crippen molar-refractivity contribution in [3.05, 3.63) is 64.9 Å². The third kappa shape index (κ3) is 5.53.